The van der Waals surface area contributed by atoms with Crippen molar-refractivity contribution < 1.29 is 4.52 Å². The van der Waals surface area contributed by atoms with Gasteiger partial charge in [-0.3, -0.25) is 9.88 Å². The molecule has 0 amide bonds. The standard InChI is InChI=1S/C16H23N5O.ClH/c1-16(2,3)15-19-14(22-20-15)11-21-8-7-18-10-13(21)12-5-4-6-17-9-12;/h4-6,9,13,18H,7-8,10-11H2,1-3H3;1H. The van der Waals surface area contributed by atoms with Crippen molar-refractivity contribution in [1.29, 1.82) is 0 Å². The summed E-state index contributed by atoms with van der Waals surface area (Å²) in [5.41, 5.74) is 1.12. The summed E-state index contributed by atoms with van der Waals surface area (Å²) in [5.74, 6) is 1.44. The normalized spacial score (nSPS) is 19.3. The lowest BCUT2D eigenvalue weighted by atomic mass is 9.96. The number of nitrogens with zero attached hydrogens (tertiary/aromatic N) is 4. The van der Waals surface area contributed by atoms with Gasteiger partial charge in [0.1, 0.15) is 0 Å². The van der Waals surface area contributed by atoms with E-state index < -0.39 is 0 Å². The van der Waals surface area contributed by atoms with E-state index in [1.807, 2.05) is 12.3 Å². The molecule has 2 aromatic heterocycles. The molecule has 0 radical (unpaired) electrons. The Hall–Kier alpha value is -1.50. The van der Waals surface area contributed by atoms with E-state index in [2.05, 4.69) is 52.2 Å². The summed E-state index contributed by atoms with van der Waals surface area (Å²) in [6.45, 7) is 9.76. The quantitative estimate of drug-likeness (QED) is 0.927. The molecule has 126 valence electrons. The van der Waals surface area contributed by atoms with Crippen LogP contribution in [0.15, 0.2) is 29.0 Å². The molecule has 2 aromatic rings. The smallest absolute Gasteiger partial charge is 0.240 e. The molecule has 1 fully saturated rings. The number of pyridine rings is 1. The summed E-state index contributed by atoms with van der Waals surface area (Å²) in [5, 5.41) is 7.55. The largest absolute Gasteiger partial charge is 0.338 e. The van der Waals surface area contributed by atoms with Crippen molar-refractivity contribution >= 4 is 12.4 Å². The van der Waals surface area contributed by atoms with Gasteiger partial charge in [0, 0.05) is 43.5 Å². The molecule has 1 aliphatic rings. The highest BCUT2D eigenvalue weighted by atomic mass is 35.5. The van der Waals surface area contributed by atoms with Crippen molar-refractivity contribution in [2.75, 3.05) is 19.6 Å². The molecule has 0 aliphatic carbocycles. The first kappa shape index (κ1) is 17.8. The number of hydrogen-bond acceptors (Lipinski definition) is 6. The molecule has 0 bridgehead atoms. The van der Waals surface area contributed by atoms with E-state index in [1.165, 1.54) is 5.56 Å². The van der Waals surface area contributed by atoms with Gasteiger partial charge in [-0.2, -0.15) is 4.98 Å². The first-order chi connectivity index (χ1) is 10.5. The van der Waals surface area contributed by atoms with Crippen LogP contribution in [0.3, 0.4) is 0 Å². The van der Waals surface area contributed by atoms with Crippen LogP contribution in [0.25, 0.3) is 0 Å². The van der Waals surface area contributed by atoms with Crippen molar-refractivity contribution in [1.82, 2.24) is 25.3 Å². The third-order valence-corrected chi connectivity index (χ3v) is 3.90. The van der Waals surface area contributed by atoms with Crippen LogP contribution in [0.4, 0.5) is 0 Å². The minimum Gasteiger partial charge on any atom is -0.338 e. The molecule has 0 spiro atoms. The van der Waals surface area contributed by atoms with Crippen molar-refractivity contribution in [3.05, 3.63) is 41.8 Å². The Kier molecular flexibility index (Phi) is 5.73. The summed E-state index contributed by atoms with van der Waals surface area (Å²) in [6, 6.07) is 4.38. The molecule has 0 aromatic carbocycles. The minimum absolute atomic E-state index is 0. The van der Waals surface area contributed by atoms with E-state index in [1.54, 1.807) is 6.20 Å². The van der Waals surface area contributed by atoms with Crippen molar-refractivity contribution in [3.63, 3.8) is 0 Å². The maximum Gasteiger partial charge on any atom is 0.240 e. The van der Waals surface area contributed by atoms with Gasteiger partial charge < -0.3 is 9.84 Å². The number of piperazine rings is 1. The first-order valence-corrected chi connectivity index (χ1v) is 7.72. The first-order valence-electron chi connectivity index (χ1n) is 7.72. The van der Waals surface area contributed by atoms with E-state index in [-0.39, 0.29) is 23.9 Å². The predicted molar refractivity (Wildman–Crippen MR) is 90.5 cm³/mol. The van der Waals surface area contributed by atoms with Gasteiger partial charge in [-0.05, 0) is 11.6 Å². The number of rotatable bonds is 3. The van der Waals surface area contributed by atoms with Crippen molar-refractivity contribution in [2.24, 2.45) is 0 Å². The SMILES string of the molecule is CC(C)(C)c1noc(CN2CCNCC2c2cccnc2)n1.Cl. The highest BCUT2D eigenvalue weighted by Crippen LogP contribution is 2.24. The van der Waals surface area contributed by atoms with Crippen molar-refractivity contribution in [3.8, 4) is 0 Å². The Morgan fingerprint density at radius 3 is 2.87 bits per heavy atom. The Labute approximate surface area is 143 Å². The van der Waals surface area contributed by atoms with E-state index in [9.17, 15) is 0 Å². The Morgan fingerprint density at radius 1 is 1.39 bits per heavy atom. The topological polar surface area (TPSA) is 67.1 Å². The van der Waals surface area contributed by atoms with E-state index in [0.717, 1.165) is 25.5 Å². The molecule has 3 heterocycles. The molecule has 1 N–H and O–H groups in total. The third-order valence-electron chi connectivity index (χ3n) is 3.90. The molecular formula is C16H24ClN5O. The fourth-order valence-electron chi connectivity index (χ4n) is 2.63. The Balaban J connectivity index is 0.00000192. The summed E-state index contributed by atoms with van der Waals surface area (Å²) < 4.78 is 5.44. The number of nitrogens with one attached hydrogen (secondary N) is 1. The second-order valence-electron chi connectivity index (χ2n) is 6.74. The molecule has 1 atom stereocenters. The van der Waals surface area contributed by atoms with Crippen molar-refractivity contribution in [2.45, 2.75) is 38.8 Å². The summed E-state index contributed by atoms with van der Waals surface area (Å²) in [7, 11) is 0. The summed E-state index contributed by atoms with van der Waals surface area (Å²) in [4.78, 5) is 11.1. The molecule has 0 saturated carbocycles. The molecule has 7 heteroatoms. The number of aromatic nitrogens is 3. The summed E-state index contributed by atoms with van der Waals surface area (Å²) in [6.07, 6.45) is 3.73. The van der Waals surface area contributed by atoms with Crippen LogP contribution in [-0.2, 0) is 12.0 Å². The lowest BCUT2D eigenvalue weighted by Gasteiger charge is -2.35. The fourth-order valence-corrected chi connectivity index (χ4v) is 2.63. The molecule has 3 rings (SSSR count). The van der Waals surface area contributed by atoms with Gasteiger partial charge in [-0.1, -0.05) is 32.0 Å². The zero-order valence-electron chi connectivity index (χ0n) is 13.8. The van der Waals surface area contributed by atoms with Crippen LogP contribution in [-0.4, -0.2) is 39.7 Å². The maximum absolute atomic E-state index is 5.44. The Morgan fingerprint density at radius 2 is 2.22 bits per heavy atom. The predicted octanol–water partition coefficient (Wildman–Crippen LogP) is 2.33. The number of hydrogen-bond donors (Lipinski definition) is 1. The molecule has 1 unspecified atom stereocenters. The van der Waals surface area contributed by atoms with Gasteiger partial charge in [-0.15, -0.1) is 12.4 Å². The molecule has 1 saturated heterocycles. The average molecular weight is 338 g/mol. The third kappa shape index (κ3) is 4.28. The van der Waals surface area contributed by atoms with Crippen LogP contribution < -0.4 is 5.32 Å². The van der Waals surface area contributed by atoms with E-state index in [0.29, 0.717) is 12.4 Å². The highest BCUT2D eigenvalue weighted by molar-refractivity contribution is 5.85. The molecular weight excluding hydrogens is 314 g/mol. The summed E-state index contributed by atoms with van der Waals surface area (Å²) >= 11 is 0. The van der Waals surface area contributed by atoms with Gasteiger partial charge in [-0.25, -0.2) is 0 Å². The average Bonchev–Trinajstić information content (AvgIpc) is 2.97. The number of halogens is 1. The molecule has 23 heavy (non-hydrogen) atoms. The lowest BCUT2D eigenvalue weighted by molar-refractivity contribution is 0.135. The fraction of sp³-hybridized carbons (Fsp3) is 0.562. The van der Waals surface area contributed by atoms with Gasteiger partial charge in [0.15, 0.2) is 5.82 Å². The second-order valence-corrected chi connectivity index (χ2v) is 6.74. The van der Waals surface area contributed by atoms with E-state index in [4.69, 9.17) is 4.52 Å². The minimum atomic E-state index is -0.0893. The van der Waals surface area contributed by atoms with Crippen LogP contribution in [0.1, 0.15) is 44.1 Å². The van der Waals surface area contributed by atoms with Crippen LogP contribution in [0.2, 0.25) is 0 Å². The van der Waals surface area contributed by atoms with Crippen LogP contribution in [0, 0.1) is 0 Å². The lowest BCUT2D eigenvalue weighted by Crippen LogP contribution is -2.45. The van der Waals surface area contributed by atoms with Crippen LogP contribution in [0.5, 0.6) is 0 Å². The van der Waals surface area contributed by atoms with Gasteiger partial charge in [0.05, 0.1) is 6.54 Å². The highest BCUT2D eigenvalue weighted by Gasteiger charge is 2.27. The Bertz CT molecular complexity index is 610. The zero-order valence-corrected chi connectivity index (χ0v) is 14.6. The van der Waals surface area contributed by atoms with E-state index >= 15 is 0 Å². The second kappa shape index (κ2) is 7.38. The monoisotopic (exact) mass is 337 g/mol. The van der Waals surface area contributed by atoms with Gasteiger partial charge >= 0.3 is 0 Å². The molecule has 1 aliphatic heterocycles. The maximum atomic E-state index is 5.44. The zero-order chi connectivity index (χ0) is 15.6. The molecule has 6 nitrogen and oxygen atoms in total. The van der Waals surface area contributed by atoms with Gasteiger partial charge in [0.2, 0.25) is 5.89 Å². The van der Waals surface area contributed by atoms with Crippen LogP contribution >= 0.6 is 12.4 Å². The van der Waals surface area contributed by atoms with Gasteiger partial charge in [0.25, 0.3) is 0 Å².